The summed E-state index contributed by atoms with van der Waals surface area (Å²) in [6.07, 6.45) is 0. The number of aromatic nitrogens is 2. The van der Waals surface area contributed by atoms with E-state index in [1.165, 1.54) is 4.31 Å². The summed E-state index contributed by atoms with van der Waals surface area (Å²) in [5.74, 6) is -0.812. The van der Waals surface area contributed by atoms with Crippen LogP contribution < -0.4 is 10.2 Å². The van der Waals surface area contributed by atoms with Crippen molar-refractivity contribution in [1.82, 2.24) is 14.3 Å². The van der Waals surface area contributed by atoms with Crippen LogP contribution in [0.1, 0.15) is 16.8 Å². The summed E-state index contributed by atoms with van der Waals surface area (Å²) in [7, 11) is -3.79. The molecule has 0 radical (unpaired) electrons. The summed E-state index contributed by atoms with van der Waals surface area (Å²) in [4.78, 5) is 11.0. The first-order valence-corrected chi connectivity index (χ1v) is 12.2. The van der Waals surface area contributed by atoms with Gasteiger partial charge in [0.15, 0.2) is 0 Å². The summed E-state index contributed by atoms with van der Waals surface area (Å²) < 4.78 is 54.2. The van der Waals surface area contributed by atoms with Crippen molar-refractivity contribution in [3.05, 3.63) is 77.0 Å². The summed E-state index contributed by atoms with van der Waals surface area (Å²) >= 11 is 0. The molecule has 2 aromatic carbocycles. The molecule has 1 N–H and O–H groups in total. The molecule has 1 aromatic heterocycles. The Kier molecular flexibility index (Phi) is 6.57. The van der Waals surface area contributed by atoms with E-state index in [0.717, 1.165) is 35.1 Å². The van der Waals surface area contributed by atoms with E-state index < -0.39 is 27.4 Å². The molecule has 174 valence electrons. The van der Waals surface area contributed by atoms with Crippen molar-refractivity contribution >= 4 is 27.5 Å². The number of hydrogen-bond acceptors (Lipinski definition) is 6. The molecular formula is C23H25F2N5O2S. The van der Waals surface area contributed by atoms with Gasteiger partial charge in [-0.15, -0.1) is 0 Å². The van der Waals surface area contributed by atoms with E-state index in [1.54, 1.807) is 0 Å². The minimum Gasteiger partial charge on any atom is -0.354 e. The summed E-state index contributed by atoms with van der Waals surface area (Å²) in [6.45, 7) is 5.18. The second-order valence-corrected chi connectivity index (χ2v) is 10.0. The van der Waals surface area contributed by atoms with Gasteiger partial charge in [0.2, 0.25) is 16.0 Å². The van der Waals surface area contributed by atoms with E-state index in [4.69, 9.17) is 0 Å². The van der Waals surface area contributed by atoms with Gasteiger partial charge in [0.05, 0.1) is 5.75 Å². The van der Waals surface area contributed by atoms with Gasteiger partial charge in [-0.1, -0.05) is 17.7 Å². The SMILES string of the molecule is Cc1ccc(Nc2nc(C)cc(N3CCN(S(=O)(=O)Cc4cc(F)ccc4F)CC3)n2)cc1. The molecule has 7 nitrogen and oxygen atoms in total. The molecule has 0 atom stereocenters. The fourth-order valence-corrected chi connectivity index (χ4v) is 5.19. The molecule has 1 saturated heterocycles. The van der Waals surface area contributed by atoms with Crippen molar-refractivity contribution < 1.29 is 17.2 Å². The van der Waals surface area contributed by atoms with Crippen LogP contribution in [-0.2, 0) is 15.8 Å². The van der Waals surface area contributed by atoms with Gasteiger partial charge in [-0.3, -0.25) is 0 Å². The molecule has 0 aliphatic carbocycles. The zero-order chi connectivity index (χ0) is 23.6. The molecule has 3 aromatic rings. The lowest BCUT2D eigenvalue weighted by Gasteiger charge is -2.34. The van der Waals surface area contributed by atoms with Crippen LogP contribution in [0.5, 0.6) is 0 Å². The number of sulfonamides is 1. The van der Waals surface area contributed by atoms with Gasteiger partial charge in [-0.25, -0.2) is 22.2 Å². The molecule has 2 heterocycles. The average molecular weight is 474 g/mol. The number of halogens is 2. The monoisotopic (exact) mass is 473 g/mol. The van der Waals surface area contributed by atoms with E-state index >= 15 is 0 Å². The van der Waals surface area contributed by atoms with Gasteiger partial charge in [-0.2, -0.15) is 9.29 Å². The van der Waals surface area contributed by atoms with Crippen LogP contribution in [0.25, 0.3) is 0 Å². The van der Waals surface area contributed by atoms with Gasteiger partial charge in [0, 0.05) is 49.2 Å². The fourth-order valence-electron chi connectivity index (χ4n) is 3.67. The highest BCUT2D eigenvalue weighted by Crippen LogP contribution is 2.22. The number of nitrogens with zero attached hydrogens (tertiary/aromatic N) is 4. The normalized spacial score (nSPS) is 15.0. The third kappa shape index (κ3) is 5.63. The molecule has 1 fully saturated rings. The van der Waals surface area contributed by atoms with Crippen molar-refractivity contribution in [3.63, 3.8) is 0 Å². The predicted molar refractivity (Wildman–Crippen MR) is 124 cm³/mol. The number of rotatable bonds is 6. The number of piperazine rings is 1. The van der Waals surface area contributed by atoms with E-state index in [0.29, 0.717) is 24.9 Å². The molecule has 33 heavy (non-hydrogen) atoms. The third-order valence-corrected chi connectivity index (χ3v) is 7.28. The molecule has 1 aliphatic heterocycles. The number of nitrogens with one attached hydrogen (secondary N) is 1. The maximum atomic E-state index is 13.9. The van der Waals surface area contributed by atoms with Crippen molar-refractivity contribution in [2.75, 3.05) is 36.4 Å². The second-order valence-electron chi connectivity index (χ2n) is 8.06. The highest BCUT2D eigenvalue weighted by Gasteiger charge is 2.29. The average Bonchev–Trinajstić information content (AvgIpc) is 2.77. The van der Waals surface area contributed by atoms with Gasteiger partial charge in [-0.05, 0) is 44.2 Å². The lowest BCUT2D eigenvalue weighted by atomic mass is 10.2. The van der Waals surface area contributed by atoms with Gasteiger partial charge >= 0.3 is 0 Å². The zero-order valence-corrected chi connectivity index (χ0v) is 19.2. The summed E-state index contributed by atoms with van der Waals surface area (Å²) in [5.41, 5.74) is 2.64. The number of benzene rings is 2. The molecule has 1 aliphatic rings. The maximum Gasteiger partial charge on any atom is 0.229 e. The first kappa shape index (κ1) is 23.1. The van der Waals surface area contributed by atoms with Crippen molar-refractivity contribution in [2.45, 2.75) is 19.6 Å². The molecule has 4 rings (SSSR count). The zero-order valence-electron chi connectivity index (χ0n) is 18.4. The highest BCUT2D eigenvalue weighted by molar-refractivity contribution is 7.88. The third-order valence-electron chi connectivity index (χ3n) is 5.45. The van der Waals surface area contributed by atoms with Crippen LogP contribution in [0.2, 0.25) is 0 Å². The predicted octanol–water partition coefficient (Wildman–Crippen LogP) is 3.77. The molecule has 0 unspecified atom stereocenters. The van der Waals surface area contributed by atoms with E-state index in [9.17, 15) is 17.2 Å². The molecule has 0 amide bonds. The van der Waals surface area contributed by atoms with Crippen molar-refractivity contribution in [2.24, 2.45) is 0 Å². The van der Waals surface area contributed by atoms with Crippen molar-refractivity contribution in [3.8, 4) is 0 Å². The first-order valence-electron chi connectivity index (χ1n) is 10.6. The quantitative estimate of drug-likeness (QED) is 0.587. The number of anilines is 3. The summed E-state index contributed by atoms with van der Waals surface area (Å²) in [5, 5.41) is 3.20. The Hall–Kier alpha value is -3.11. The van der Waals surface area contributed by atoms with Gasteiger partial charge in [0.25, 0.3) is 0 Å². The fraction of sp³-hybridized carbons (Fsp3) is 0.304. The Morgan fingerprint density at radius 1 is 0.939 bits per heavy atom. The minimum absolute atomic E-state index is 0.171. The van der Waals surface area contributed by atoms with E-state index in [-0.39, 0.29) is 18.7 Å². The topological polar surface area (TPSA) is 78.4 Å². The Morgan fingerprint density at radius 2 is 1.64 bits per heavy atom. The van der Waals surface area contributed by atoms with E-state index in [2.05, 4.69) is 15.3 Å². The van der Waals surface area contributed by atoms with Crippen molar-refractivity contribution in [1.29, 1.82) is 0 Å². The maximum absolute atomic E-state index is 13.9. The lowest BCUT2D eigenvalue weighted by molar-refractivity contribution is 0.383. The molecule has 0 spiro atoms. The summed E-state index contributed by atoms with van der Waals surface area (Å²) in [6, 6.07) is 12.6. The van der Waals surface area contributed by atoms with E-state index in [1.807, 2.05) is 49.1 Å². The largest absolute Gasteiger partial charge is 0.354 e. The standard InChI is InChI=1S/C23H25F2N5O2S/c1-16-3-6-20(7-4-16)27-23-26-17(2)13-22(28-23)29-9-11-30(12-10-29)33(31,32)15-18-14-19(24)5-8-21(18)25/h3-8,13-14H,9-12,15H2,1-2H3,(H,26,27,28). The Morgan fingerprint density at radius 3 is 2.33 bits per heavy atom. The smallest absolute Gasteiger partial charge is 0.229 e. The number of aryl methyl sites for hydroxylation is 2. The Balaban J connectivity index is 1.43. The van der Waals surface area contributed by atoms with Crippen LogP contribution in [0, 0.1) is 25.5 Å². The van der Waals surface area contributed by atoms with Crippen LogP contribution in [0.15, 0.2) is 48.5 Å². The molecule has 0 saturated carbocycles. The Labute approximate surface area is 192 Å². The van der Waals surface area contributed by atoms with Crippen LogP contribution in [-0.4, -0.2) is 48.9 Å². The van der Waals surface area contributed by atoms with Crippen LogP contribution in [0.3, 0.4) is 0 Å². The van der Waals surface area contributed by atoms with Crippen LogP contribution in [0.4, 0.5) is 26.2 Å². The molecular weight excluding hydrogens is 448 g/mol. The van der Waals surface area contributed by atoms with Gasteiger partial charge < -0.3 is 10.2 Å². The first-order chi connectivity index (χ1) is 15.7. The van der Waals surface area contributed by atoms with Gasteiger partial charge in [0.1, 0.15) is 17.5 Å². The van der Waals surface area contributed by atoms with Crippen LogP contribution >= 0.6 is 0 Å². The number of hydrogen-bond donors (Lipinski definition) is 1. The highest BCUT2D eigenvalue weighted by atomic mass is 32.2. The lowest BCUT2D eigenvalue weighted by Crippen LogP contribution is -2.49. The second kappa shape index (κ2) is 9.40. The molecule has 0 bridgehead atoms. The molecule has 10 heteroatoms. The minimum atomic E-state index is -3.79. The Bertz CT molecular complexity index is 1240.